The number of nitrogens with one attached hydrogen (secondary N) is 1. The smallest absolute Gasteiger partial charge is 0.407 e. The van der Waals surface area contributed by atoms with Crippen LogP contribution in [-0.2, 0) is 14.3 Å². The van der Waals surface area contributed by atoms with E-state index in [1.54, 1.807) is 0 Å². The molecule has 1 saturated heterocycles. The van der Waals surface area contributed by atoms with Crippen LogP contribution in [0.15, 0.2) is 48.5 Å². The quantitative estimate of drug-likeness (QED) is 0.550. The molecule has 1 aliphatic heterocycles. The maximum atomic E-state index is 13.0. The molecule has 1 fully saturated rings. The van der Waals surface area contributed by atoms with Crippen LogP contribution in [0.5, 0.6) is 0 Å². The molecule has 0 saturated carbocycles. The highest BCUT2D eigenvalue weighted by atomic mass is 16.5. The molecule has 1 aliphatic carbocycles. The molecule has 3 N–H and O–H groups in total. The first-order chi connectivity index (χ1) is 16.3. The van der Waals surface area contributed by atoms with Gasteiger partial charge in [0, 0.05) is 18.9 Å². The SMILES string of the molecule is CCCC[C@H](NC(=O)OCC1c2ccccc2-c2ccccc21)C(=O)N1CCC(O)(C(=O)O)C1. The fourth-order valence-electron chi connectivity index (χ4n) is 4.82. The summed E-state index contributed by atoms with van der Waals surface area (Å²) in [7, 11) is 0. The van der Waals surface area contributed by atoms with E-state index in [0.717, 1.165) is 28.7 Å². The molecule has 180 valence electrons. The van der Waals surface area contributed by atoms with E-state index in [-0.39, 0.29) is 32.0 Å². The number of benzene rings is 2. The zero-order valence-corrected chi connectivity index (χ0v) is 19.2. The Morgan fingerprint density at radius 3 is 2.29 bits per heavy atom. The van der Waals surface area contributed by atoms with Gasteiger partial charge in [-0.15, -0.1) is 0 Å². The summed E-state index contributed by atoms with van der Waals surface area (Å²) in [5.74, 6) is -1.84. The number of aliphatic hydroxyl groups is 1. The van der Waals surface area contributed by atoms with Gasteiger partial charge in [0.25, 0.3) is 0 Å². The second kappa shape index (κ2) is 9.85. The fourth-order valence-corrected chi connectivity index (χ4v) is 4.82. The topological polar surface area (TPSA) is 116 Å². The molecule has 0 bridgehead atoms. The summed E-state index contributed by atoms with van der Waals surface area (Å²) in [6, 6.07) is 15.2. The second-order valence-corrected chi connectivity index (χ2v) is 9.01. The number of rotatable bonds is 8. The molecule has 2 aromatic carbocycles. The number of unbranched alkanes of at least 4 members (excludes halogenated alkanes) is 1. The number of β-amino-alcohol motifs (C(OH)–C–C–N with tert-alkyl or cyclic N) is 1. The summed E-state index contributed by atoms with van der Waals surface area (Å²) in [5, 5.41) is 22.1. The lowest BCUT2D eigenvalue weighted by atomic mass is 9.98. The van der Waals surface area contributed by atoms with Crippen LogP contribution in [0.2, 0.25) is 0 Å². The summed E-state index contributed by atoms with van der Waals surface area (Å²) in [5.41, 5.74) is 2.50. The van der Waals surface area contributed by atoms with Crippen molar-refractivity contribution in [1.29, 1.82) is 0 Å². The first kappa shape index (κ1) is 23.8. The van der Waals surface area contributed by atoms with E-state index in [0.29, 0.717) is 12.8 Å². The van der Waals surface area contributed by atoms with Crippen LogP contribution in [0.25, 0.3) is 11.1 Å². The van der Waals surface area contributed by atoms with Crippen molar-refractivity contribution in [3.63, 3.8) is 0 Å². The third-order valence-corrected chi connectivity index (χ3v) is 6.74. The van der Waals surface area contributed by atoms with Crippen molar-refractivity contribution in [1.82, 2.24) is 10.2 Å². The number of carbonyl (C=O) groups excluding carboxylic acids is 2. The summed E-state index contributed by atoms with van der Waals surface area (Å²) >= 11 is 0. The molecular formula is C26H30N2O6. The molecular weight excluding hydrogens is 436 g/mol. The summed E-state index contributed by atoms with van der Waals surface area (Å²) in [6.07, 6.45) is 1.21. The van der Waals surface area contributed by atoms with Crippen molar-refractivity contribution in [3.8, 4) is 11.1 Å². The molecule has 8 heteroatoms. The van der Waals surface area contributed by atoms with E-state index < -0.39 is 29.6 Å². The van der Waals surface area contributed by atoms with Gasteiger partial charge in [0.1, 0.15) is 12.6 Å². The number of aliphatic carboxylic acids is 1. The van der Waals surface area contributed by atoms with Gasteiger partial charge in [-0.2, -0.15) is 0 Å². The number of carboxylic acid groups (broad SMARTS) is 1. The number of amides is 2. The predicted octanol–water partition coefficient (Wildman–Crippen LogP) is 3.13. The average molecular weight is 467 g/mol. The molecule has 34 heavy (non-hydrogen) atoms. The normalized spacial score (nSPS) is 19.9. The number of carbonyl (C=O) groups is 3. The Labute approximate surface area is 198 Å². The standard InChI is InChI=1S/C26H30N2O6/c1-2-3-12-22(23(29)28-14-13-26(33,16-28)24(30)31)27-25(32)34-15-21-19-10-6-4-8-17(19)18-9-5-7-11-20(18)21/h4-11,21-22,33H,2-3,12-16H2,1H3,(H,27,32)(H,30,31)/t22-,26?/m0/s1. The van der Waals surface area contributed by atoms with Gasteiger partial charge >= 0.3 is 12.1 Å². The van der Waals surface area contributed by atoms with Gasteiger partial charge in [-0.1, -0.05) is 68.3 Å². The number of likely N-dealkylation sites (tertiary alicyclic amines) is 1. The largest absolute Gasteiger partial charge is 0.479 e. The molecule has 0 aromatic heterocycles. The number of alkyl carbamates (subject to hydrolysis) is 1. The minimum absolute atomic E-state index is 0.0421. The molecule has 4 rings (SSSR count). The van der Waals surface area contributed by atoms with Gasteiger partial charge in [-0.05, 0) is 28.7 Å². The van der Waals surface area contributed by atoms with E-state index >= 15 is 0 Å². The van der Waals surface area contributed by atoms with Gasteiger partial charge in [-0.25, -0.2) is 9.59 Å². The van der Waals surface area contributed by atoms with Crippen molar-refractivity contribution >= 4 is 18.0 Å². The van der Waals surface area contributed by atoms with E-state index in [1.807, 2.05) is 43.3 Å². The second-order valence-electron chi connectivity index (χ2n) is 9.01. The summed E-state index contributed by atoms with van der Waals surface area (Å²) in [4.78, 5) is 38.4. The molecule has 2 atom stereocenters. The molecule has 2 aromatic rings. The average Bonchev–Trinajstić information content (AvgIpc) is 3.39. The Hall–Kier alpha value is -3.39. The molecule has 8 nitrogen and oxygen atoms in total. The van der Waals surface area contributed by atoms with E-state index in [4.69, 9.17) is 4.74 Å². The minimum Gasteiger partial charge on any atom is -0.479 e. The predicted molar refractivity (Wildman–Crippen MR) is 125 cm³/mol. The Balaban J connectivity index is 1.41. The first-order valence-electron chi connectivity index (χ1n) is 11.7. The van der Waals surface area contributed by atoms with Gasteiger partial charge in [-0.3, -0.25) is 4.79 Å². The fraction of sp³-hybridized carbons (Fsp3) is 0.423. The van der Waals surface area contributed by atoms with Crippen LogP contribution >= 0.6 is 0 Å². The summed E-state index contributed by atoms with van der Waals surface area (Å²) in [6.45, 7) is 1.94. The lowest BCUT2D eigenvalue weighted by Gasteiger charge is -2.25. The van der Waals surface area contributed by atoms with Crippen LogP contribution in [0.1, 0.15) is 49.7 Å². The van der Waals surface area contributed by atoms with Crippen LogP contribution in [-0.4, -0.2) is 64.4 Å². The Kier molecular flexibility index (Phi) is 6.88. The minimum atomic E-state index is -1.95. The maximum absolute atomic E-state index is 13.0. The van der Waals surface area contributed by atoms with Gasteiger partial charge in [0.15, 0.2) is 5.60 Å². The van der Waals surface area contributed by atoms with E-state index in [1.165, 1.54) is 4.90 Å². The number of hydrogen-bond donors (Lipinski definition) is 3. The molecule has 2 aliphatic rings. The van der Waals surface area contributed by atoms with Crippen molar-refractivity contribution in [2.24, 2.45) is 0 Å². The lowest BCUT2D eigenvalue weighted by Crippen LogP contribution is -2.50. The first-order valence-corrected chi connectivity index (χ1v) is 11.7. The maximum Gasteiger partial charge on any atom is 0.407 e. The van der Waals surface area contributed by atoms with Gasteiger partial charge in [0.2, 0.25) is 5.91 Å². The summed E-state index contributed by atoms with van der Waals surface area (Å²) < 4.78 is 5.58. The Morgan fingerprint density at radius 2 is 1.74 bits per heavy atom. The van der Waals surface area contributed by atoms with Crippen LogP contribution in [0.4, 0.5) is 4.79 Å². The van der Waals surface area contributed by atoms with Crippen LogP contribution in [0, 0.1) is 0 Å². The number of fused-ring (bicyclic) bond motifs is 3. The number of nitrogens with zero attached hydrogens (tertiary/aromatic N) is 1. The van der Waals surface area contributed by atoms with Gasteiger partial charge < -0.3 is 25.2 Å². The van der Waals surface area contributed by atoms with Crippen LogP contribution < -0.4 is 5.32 Å². The zero-order valence-electron chi connectivity index (χ0n) is 19.2. The highest BCUT2D eigenvalue weighted by Gasteiger charge is 2.45. The van der Waals surface area contributed by atoms with Crippen LogP contribution in [0.3, 0.4) is 0 Å². The van der Waals surface area contributed by atoms with Crippen molar-refractivity contribution in [2.45, 2.75) is 50.2 Å². The van der Waals surface area contributed by atoms with Crippen molar-refractivity contribution in [2.75, 3.05) is 19.7 Å². The Morgan fingerprint density at radius 1 is 1.12 bits per heavy atom. The molecule has 2 amide bonds. The molecule has 0 spiro atoms. The van der Waals surface area contributed by atoms with E-state index in [9.17, 15) is 24.6 Å². The zero-order chi connectivity index (χ0) is 24.3. The molecule has 0 radical (unpaired) electrons. The monoisotopic (exact) mass is 466 g/mol. The molecule has 1 heterocycles. The third-order valence-electron chi connectivity index (χ3n) is 6.74. The Bertz CT molecular complexity index is 1040. The lowest BCUT2D eigenvalue weighted by molar-refractivity contribution is -0.157. The van der Waals surface area contributed by atoms with Gasteiger partial charge in [0.05, 0.1) is 6.54 Å². The number of ether oxygens (including phenoxy) is 1. The highest BCUT2D eigenvalue weighted by molar-refractivity contribution is 5.88. The highest BCUT2D eigenvalue weighted by Crippen LogP contribution is 2.44. The third kappa shape index (κ3) is 4.63. The molecule has 1 unspecified atom stereocenters. The van der Waals surface area contributed by atoms with Crippen molar-refractivity contribution < 1.29 is 29.3 Å². The number of hydrogen-bond acceptors (Lipinski definition) is 5. The number of carboxylic acids is 1. The van der Waals surface area contributed by atoms with E-state index in [2.05, 4.69) is 17.4 Å². The van der Waals surface area contributed by atoms with Crippen molar-refractivity contribution in [3.05, 3.63) is 59.7 Å².